The van der Waals surface area contributed by atoms with Crippen LogP contribution in [0.2, 0.25) is 0 Å². The minimum Gasteiger partial charge on any atom is -0.269 e. The van der Waals surface area contributed by atoms with Crippen LogP contribution in [-0.4, -0.2) is 18.9 Å². The number of aryl methyl sites for hydroxylation is 2. The number of rotatable bonds is 4. The molecule has 6 rings (SSSR count). The molecule has 0 spiro atoms. The molecule has 0 saturated carbocycles. The van der Waals surface area contributed by atoms with E-state index in [2.05, 4.69) is 4.98 Å². The number of hydrogen-bond acceptors (Lipinski definition) is 6. The Labute approximate surface area is 203 Å². The van der Waals surface area contributed by atoms with Crippen LogP contribution in [0.15, 0.2) is 75.5 Å². The summed E-state index contributed by atoms with van der Waals surface area (Å²) in [6.07, 6.45) is 7.16. The maximum atomic E-state index is 13.9. The number of fused-ring (bicyclic) bond motifs is 4. The van der Waals surface area contributed by atoms with E-state index in [-0.39, 0.29) is 11.1 Å². The fourth-order valence-corrected chi connectivity index (χ4v) is 6.79. The molecule has 0 bridgehead atoms. The monoisotopic (exact) mass is 486 g/mol. The van der Waals surface area contributed by atoms with Gasteiger partial charge in [-0.2, -0.15) is 0 Å². The summed E-state index contributed by atoms with van der Waals surface area (Å²) in [5, 5.41) is 1.40. The zero-order valence-electron chi connectivity index (χ0n) is 18.4. The van der Waals surface area contributed by atoms with Gasteiger partial charge in [-0.25, -0.2) is 9.97 Å². The van der Waals surface area contributed by atoms with E-state index in [1.807, 2.05) is 48.5 Å². The van der Waals surface area contributed by atoms with Gasteiger partial charge in [0.25, 0.3) is 11.1 Å². The first-order valence-electron chi connectivity index (χ1n) is 11.4. The average Bonchev–Trinajstić information content (AvgIpc) is 3.04. The molecule has 5 aromatic rings. The topological polar surface area (TPSA) is 69.3 Å². The second kappa shape index (κ2) is 8.85. The predicted molar refractivity (Wildman–Crippen MR) is 137 cm³/mol. The first-order valence-corrected chi connectivity index (χ1v) is 13.2. The van der Waals surface area contributed by atoms with Crippen molar-refractivity contribution in [1.29, 1.82) is 0 Å². The Morgan fingerprint density at radius 2 is 1.76 bits per heavy atom. The molecule has 0 unspecified atom stereocenters. The van der Waals surface area contributed by atoms with Gasteiger partial charge in [-0.3, -0.25) is 18.6 Å². The van der Waals surface area contributed by atoms with Crippen molar-refractivity contribution < 1.29 is 0 Å². The van der Waals surface area contributed by atoms with E-state index in [1.54, 1.807) is 28.2 Å². The first-order chi connectivity index (χ1) is 16.7. The minimum absolute atomic E-state index is 0.00959. The molecule has 0 atom stereocenters. The number of para-hydroxylation sites is 1. The zero-order valence-corrected chi connectivity index (χ0v) is 20.1. The Balaban J connectivity index is 1.47. The molecule has 8 heteroatoms. The van der Waals surface area contributed by atoms with Crippen molar-refractivity contribution in [2.24, 2.45) is 0 Å². The van der Waals surface area contributed by atoms with E-state index in [1.165, 1.54) is 33.0 Å². The lowest BCUT2D eigenvalue weighted by Gasteiger charge is -2.12. The van der Waals surface area contributed by atoms with Crippen molar-refractivity contribution in [3.05, 3.63) is 97.6 Å². The van der Waals surface area contributed by atoms with E-state index in [9.17, 15) is 9.59 Å². The highest BCUT2D eigenvalue weighted by Gasteiger charge is 2.22. The van der Waals surface area contributed by atoms with Gasteiger partial charge in [0.1, 0.15) is 10.5 Å². The number of hydrogen-bond donors (Lipinski definition) is 0. The zero-order chi connectivity index (χ0) is 23.1. The number of aromatic nitrogens is 4. The van der Waals surface area contributed by atoms with E-state index in [0.717, 1.165) is 41.6 Å². The largest absolute Gasteiger partial charge is 0.269 e. The van der Waals surface area contributed by atoms with Gasteiger partial charge >= 0.3 is 0 Å². The van der Waals surface area contributed by atoms with Crippen LogP contribution in [0.4, 0.5) is 0 Å². The summed E-state index contributed by atoms with van der Waals surface area (Å²) in [7, 11) is 0. The molecule has 0 N–H and O–H groups in total. The Kier molecular flexibility index (Phi) is 5.55. The maximum Gasteiger partial charge on any atom is 0.267 e. The highest BCUT2D eigenvalue weighted by Crippen LogP contribution is 2.35. The standard InChI is InChI=1S/C26H22N4O2S2/c31-22-15-17(27-21-13-7-8-14-29(21)22)16-33-26-28-24-23(19-11-5-2-6-12-20(19)34-24)25(32)30(26)18-9-3-1-4-10-18/h1,3-4,7-10,13-15H,2,5-6,11-12,16H2. The molecule has 0 fully saturated rings. The number of thioether (sulfide) groups is 1. The lowest BCUT2D eigenvalue weighted by atomic mass is 10.1. The number of pyridine rings is 1. The van der Waals surface area contributed by atoms with E-state index in [4.69, 9.17) is 4.98 Å². The third-order valence-corrected chi connectivity index (χ3v) is 8.35. The molecule has 170 valence electrons. The van der Waals surface area contributed by atoms with Crippen molar-refractivity contribution in [2.75, 3.05) is 0 Å². The number of thiophene rings is 1. The Bertz CT molecular complexity index is 1640. The number of nitrogens with zero attached hydrogens (tertiary/aromatic N) is 4. The van der Waals surface area contributed by atoms with Crippen molar-refractivity contribution in [2.45, 2.75) is 43.0 Å². The molecule has 4 aromatic heterocycles. The second-order valence-corrected chi connectivity index (χ2v) is 10.4. The van der Waals surface area contributed by atoms with E-state index < -0.39 is 0 Å². The van der Waals surface area contributed by atoms with Gasteiger partial charge in [0, 0.05) is 22.9 Å². The van der Waals surface area contributed by atoms with Crippen molar-refractivity contribution >= 4 is 39.0 Å². The van der Waals surface area contributed by atoms with Crippen LogP contribution in [0.1, 0.15) is 35.4 Å². The van der Waals surface area contributed by atoms with Gasteiger partial charge in [0.05, 0.1) is 16.8 Å². The van der Waals surface area contributed by atoms with Crippen molar-refractivity contribution in [3.8, 4) is 5.69 Å². The van der Waals surface area contributed by atoms with Crippen LogP contribution in [0, 0.1) is 0 Å². The third-order valence-electron chi connectivity index (χ3n) is 6.20. The lowest BCUT2D eigenvalue weighted by Crippen LogP contribution is -2.22. The fraction of sp³-hybridized carbons (Fsp3) is 0.231. The summed E-state index contributed by atoms with van der Waals surface area (Å²) in [6.45, 7) is 0. The quantitative estimate of drug-likeness (QED) is 0.203. The Hall–Kier alpha value is -3.23. The van der Waals surface area contributed by atoms with Gasteiger partial charge in [0.2, 0.25) is 0 Å². The summed E-state index contributed by atoms with van der Waals surface area (Å²) in [4.78, 5) is 38.1. The SMILES string of the molecule is O=c1c2c3c(sc2nc(SCc2cc(=O)n4ccccc4n2)n1-c1ccccc1)CCCCC3. The van der Waals surface area contributed by atoms with Gasteiger partial charge in [-0.15, -0.1) is 11.3 Å². The normalized spacial score (nSPS) is 13.8. The van der Waals surface area contributed by atoms with Gasteiger partial charge in [0.15, 0.2) is 5.16 Å². The molecule has 1 aromatic carbocycles. The third kappa shape index (κ3) is 3.76. The molecule has 0 amide bonds. The lowest BCUT2D eigenvalue weighted by molar-refractivity contribution is 0.713. The van der Waals surface area contributed by atoms with Crippen LogP contribution < -0.4 is 11.1 Å². The highest BCUT2D eigenvalue weighted by atomic mass is 32.2. The van der Waals surface area contributed by atoms with Gasteiger partial charge in [-0.1, -0.05) is 42.4 Å². The van der Waals surface area contributed by atoms with Crippen molar-refractivity contribution in [1.82, 2.24) is 18.9 Å². The van der Waals surface area contributed by atoms with Crippen LogP contribution in [-0.2, 0) is 18.6 Å². The van der Waals surface area contributed by atoms with Crippen LogP contribution in [0.25, 0.3) is 21.6 Å². The van der Waals surface area contributed by atoms with Crippen LogP contribution >= 0.6 is 23.1 Å². The van der Waals surface area contributed by atoms with Crippen molar-refractivity contribution in [3.63, 3.8) is 0 Å². The summed E-state index contributed by atoms with van der Waals surface area (Å²) < 4.78 is 3.25. The molecule has 0 saturated heterocycles. The first kappa shape index (κ1) is 21.3. The Morgan fingerprint density at radius 3 is 2.65 bits per heavy atom. The fourth-order valence-electron chi connectivity index (χ4n) is 4.58. The molecule has 0 aliphatic heterocycles. The van der Waals surface area contributed by atoms with Crippen LogP contribution in [0.5, 0.6) is 0 Å². The van der Waals surface area contributed by atoms with Gasteiger partial charge < -0.3 is 0 Å². The Morgan fingerprint density at radius 1 is 0.941 bits per heavy atom. The van der Waals surface area contributed by atoms with E-state index in [0.29, 0.717) is 22.3 Å². The summed E-state index contributed by atoms with van der Waals surface area (Å²) in [5.41, 5.74) is 3.13. The molecule has 0 radical (unpaired) electrons. The molecular formula is C26H22N4O2S2. The molecule has 1 aliphatic rings. The maximum absolute atomic E-state index is 13.9. The summed E-state index contributed by atoms with van der Waals surface area (Å²) >= 11 is 3.10. The summed E-state index contributed by atoms with van der Waals surface area (Å²) in [5.74, 6) is 0.441. The number of benzene rings is 1. The molecule has 4 heterocycles. The minimum atomic E-state index is -0.118. The second-order valence-electron chi connectivity index (χ2n) is 8.42. The summed E-state index contributed by atoms with van der Waals surface area (Å²) in [6, 6.07) is 16.7. The van der Waals surface area contributed by atoms with Gasteiger partial charge in [-0.05, 0) is 55.5 Å². The molecular weight excluding hydrogens is 464 g/mol. The smallest absolute Gasteiger partial charge is 0.267 e. The van der Waals surface area contributed by atoms with E-state index >= 15 is 0 Å². The predicted octanol–water partition coefficient (Wildman–Crippen LogP) is 5.02. The van der Waals surface area contributed by atoms with Crippen LogP contribution in [0.3, 0.4) is 0 Å². The molecule has 34 heavy (non-hydrogen) atoms. The average molecular weight is 487 g/mol. The molecule has 1 aliphatic carbocycles. The molecule has 6 nitrogen and oxygen atoms in total. The highest BCUT2D eigenvalue weighted by molar-refractivity contribution is 7.98.